The van der Waals surface area contributed by atoms with Crippen molar-refractivity contribution in [1.82, 2.24) is 5.32 Å². The van der Waals surface area contributed by atoms with Gasteiger partial charge in [-0.2, -0.15) is 0 Å². The Balaban J connectivity index is 2.08. The Morgan fingerprint density at radius 3 is 2.40 bits per heavy atom. The molecule has 1 N–H and O–H groups in total. The molecule has 0 bridgehead atoms. The van der Waals surface area contributed by atoms with Crippen LogP contribution >= 0.6 is 11.6 Å². The molecule has 132 valence electrons. The standard InChI is InChI=1S/C19H20ClNO4/c1-23-16-10-8-14(18(24-2)19(16)25-3)12-21-17(22)11-9-13-6-4-5-7-15(13)20/h4-11H,12H2,1-3H3,(H,21,22)/b11-9+. The van der Waals surface area contributed by atoms with Crippen molar-refractivity contribution in [2.45, 2.75) is 6.54 Å². The van der Waals surface area contributed by atoms with Crippen molar-refractivity contribution in [2.24, 2.45) is 0 Å². The minimum Gasteiger partial charge on any atom is -0.493 e. The summed E-state index contributed by atoms with van der Waals surface area (Å²) in [5, 5.41) is 3.40. The van der Waals surface area contributed by atoms with Gasteiger partial charge in [-0.1, -0.05) is 29.8 Å². The quantitative estimate of drug-likeness (QED) is 0.764. The number of carbonyl (C=O) groups excluding carboxylic acids is 1. The van der Waals surface area contributed by atoms with Crippen LogP contribution in [0.2, 0.25) is 5.02 Å². The summed E-state index contributed by atoms with van der Waals surface area (Å²) in [4.78, 5) is 12.0. The lowest BCUT2D eigenvalue weighted by atomic mass is 10.1. The minimum atomic E-state index is -0.239. The van der Waals surface area contributed by atoms with Gasteiger partial charge in [0.2, 0.25) is 11.7 Å². The van der Waals surface area contributed by atoms with Gasteiger partial charge >= 0.3 is 0 Å². The molecule has 1 amide bonds. The van der Waals surface area contributed by atoms with E-state index in [9.17, 15) is 4.79 Å². The molecule has 25 heavy (non-hydrogen) atoms. The van der Waals surface area contributed by atoms with Crippen molar-refractivity contribution in [3.63, 3.8) is 0 Å². The summed E-state index contributed by atoms with van der Waals surface area (Å²) in [6.45, 7) is 0.287. The summed E-state index contributed by atoms with van der Waals surface area (Å²) in [5.41, 5.74) is 1.56. The van der Waals surface area contributed by atoms with Crippen molar-refractivity contribution in [2.75, 3.05) is 21.3 Å². The van der Waals surface area contributed by atoms with Crippen LogP contribution in [0.15, 0.2) is 42.5 Å². The maximum absolute atomic E-state index is 12.0. The van der Waals surface area contributed by atoms with Gasteiger partial charge in [-0.05, 0) is 29.8 Å². The zero-order valence-corrected chi connectivity index (χ0v) is 15.1. The van der Waals surface area contributed by atoms with E-state index in [4.69, 9.17) is 25.8 Å². The number of hydrogen-bond acceptors (Lipinski definition) is 4. The molecule has 0 unspecified atom stereocenters. The maximum atomic E-state index is 12.0. The van der Waals surface area contributed by atoms with Crippen molar-refractivity contribution in [3.05, 3.63) is 58.6 Å². The number of methoxy groups -OCH3 is 3. The zero-order chi connectivity index (χ0) is 18.2. The fourth-order valence-corrected chi connectivity index (χ4v) is 2.52. The monoisotopic (exact) mass is 361 g/mol. The first kappa shape index (κ1) is 18.7. The Morgan fingerprint density at radius 1 is 1.04 bits per heavy atom. The van der Waals surface area contributed by atoms with Gasteiger partial charge in [-0.25, -0.2) is 0 Å². The summed E-state index contributed by atoms with van der Waals surface area (Å²) >= 11 is 6.06. The summed E-state index contributed by atoms with van der Waals surface area (Å²) < 4.78 is 16.0. The lowest BCUT2D eigenvalue weighted by Gasteiger charge is -2.15. The fraction of sp³-hybridized carbons (Fsp3) is 0.211. The molecular formula is C19H20ClNO4. The largest absolute Gasteiger partial charge is 0.493 e. The van der Waals surface area contributed by atoms with Gasteiger partial charge in [0.25, 0.3) is 0 Å². The number of amides is 1. The van der Waals surface area contributed by atoms with E-state index < -0.39 is 0 Å². The molecule has 0 heterocycles. The number of benzene rings is 2. The minimum absolute atomic E-state index is 0.239. The molecule has 2 aromatic rings. The second-order valence-corrected chi connectivity index (χ2v) is 5.47. The third kappa shape index (κ3) is 4.67. The summed E-state index contributed by atoms with van der Waals surface area (Å²) in [6.07, 6.45) is 3.11. The first-order valence-corrected chi connectivity index (χ1v) is 7.96. The maximum Gasteiger partial charge on any atom is 0.244 e. The number of halogens is 1. The van der Waals surface area contributed by atoms with E-state index in [1.165, 1.54) is 13.2 Å². The number of carbonyl (C=O) groups is 1. The number of nitrogens with one attached hydrogen (secondary N) is 1. The molecule has 0 spiro atoms. The molecule has 0 atom stereocenters. The van der Waals surface area contributed by atoms with Crippen molar-refractivity contribution in [1.29, 1.82) is 0 Å². The zero-order valence-electron chi connectivity index (χ0n) is 14.3. The molecular weight excluding hydrogens is 342 g/mol. The van der Waals surface area contributed by atoms with Crippen molar-refractivity contribution >= 4 is 23.6 Å². The third-order valence-electron chi connectivity index (χ3n) is 3.56. The number of rotatable bonds is 7. The van der Waals surface area contributed by atoms with Crippen LogP contribution in [0.25, 0.3) is 6.08 Å². The highest BCUT2D eigenvalue weighted by Crippen LogP contribution is 2.39. The fourth-order valence-electron chi connectivity index (χ4n) is 2.32. The van der Waals surface area contributed by atoms with Crippen molar-refractivity contribution in [3.8, 4) is 17.2 Å². The van der Waals surface area contributed by atoms with Crippen LogP contribution in [0.1, 0.15) is 11.1 Å². The molecule has 0 fully saturated rings. The van der Waals surface area contributed by atoms with E-state index >= 15 is 0 Å². The lowest BCUT2D eigenvalue weighted by molar-refractivity contribution is -0.116. The highest BCUT2D eigenvalue weighted by Gasteiger charge is 2.15. The SMILES string of the molecule is COc1ccc(CNC(=O)/C=C/c2ccccc2Cl)c(OC)c1OC. The van der Waals surface area contributed by atoms with Gasteiger partial charge in [-0.15, -0.1) is 0 Å². The van der Waals surface area contributed by atoms with Gasteiger partial charge in [-0.3, -0.25) is 4.79 Å². The van der Waals surface area contributed by atoms with Gasteiger partial charge in [0, 0.05) is 23.2 Å². The highest BCUT2D eigenvalue weighted by molar-refractivity contribution is 6.32. The second-order valence-electron chi connectivity index (χ2n) is 5.07. The Morgan fingerprint density at radius 2 is 1.76 bits per heavy atom. The van der Waals surface area contributed by atoms with Gasteiger partial charge in [0.05, 0.1) is 21.3 Å². The Labute approximate surface area is 152 Å². The molecule has 0 radical (unpaired) electrons. The summed E-state index contributed by atoms with van der Waals surface area (Å²) in [6, 6.07) is 10.9. The van der Waals surface area contributed by atoms with Crippen LogP contribution < -0.4 is 19.5 Å². The van der Waals surface area contributed by atoms with Crippen molar-refractivity contribution < 1.29 is 19.0 Å². The van der Waals surface area contributed by atoms with Crippen LogP contribution in [0.4, 0.5) is 0 Å². The first-order chi connectivity index (χ1) is 12.1. The number of ether oxygens (including phenoxy) is 3. The third-order valence-corrected chi connectivity index (χ3v) is 3.90. The van der Waals surface area contributed by atoms with Crippen LogP contribution in [0, 0.1) is 0 Å². The summed E-state index contributed by atoms with van der Waals surface area (Å²) in [7, 11) is 4.63. The molecule has 6 heteroatoms. The lowest BCUT2D eigenvalue weighted by Crippen LogP contribution is -2.20. The van der Waals surface area contributed by atoms with Gasteiger partial charge in [0.15, 0.2) is 11.5 Å². The van der Waals surface area contributed by atoms with E-state index in [-0.39, 0.29) is 12.5 Å². The van der Waals surface area contributed by atoms with Crippen LogP contribution in [0.5, 0.6) is 17.2 Å². The summed E-state index contributed by atoms with van der Waals surface area (Å²) in [5.74, 6) is 1.34. The van der Waals surface area contributed by atoms with Crippen LogP contribution in [-0.2, 0) is 11.3 Å². The smallest absolute Gasteiger partial charge is 0.244 e. The van der Waals surface area contributed by atoms with Gasteiger partial charge in [0.1, 0.15) is 0 Å². The molecule has 0 saturated carbocycles. The average Bonchev–Trinajstić information content (AvgIpc) is 2.64. The Bertz CT molecular complexity index is 774. The molecule has 2 rings (SSSR count). The predicted octanol–water partition coefficient (Wildman–Crippen LogP) is 3.70. The highest BCUT2D eigenvalue weighted by atomic mass is 35.5. The topological polar surface area (TPSA) is 56.8 Å². The molecule has 0 saturated heterocycles. The molecule has 2 aromatic carbocycles. The Kier molecular flexibility index (Phi) is 6.71. The van der Waals surface area contributed by atoms with Gasteiger partial charge < -0.3 is 19.5 Å². The first-order valence-electron chi connectivity index (χ1n) is 7.59. The molecule has 0 aliphatic carbocycles. The molecule has 0 aromatic heterocycles. The molecule has 0 aliphatic heterocycles. The number of hydrogen-bond donors (Lipinski definition) is 1. The van der Waals surface area contributed by atoms with Crippen LogP contribution in [-0.4, -0.2) is 27.2 Å². The molecule has 5 nitrogen and oxygen atoms in total. The van der Waals surface area contributed by atoms with E-state index in [1.54, 1.807) is 32.4 Å². The van der Waals surface area contributed by atoms with E-state index in [2.05, 4.69) is 5.32 Å². The van der Waals surface area contributed by atoms with E-state index in [0.29, 0.717) is 22.3 Å². The average molecular weight is 362 g/mol. The second kappa shape index (κ2) is 8.99. The molecule has 0 aliphatic rings. The van der Waals surface area contributed by atoms with Crippen LogP contribution in [0.3, 0.4) is 0 Å². The van der Waals surface area contributed by atoms with E-state index in [0.717, 1.165) is 11.1 Å². The van der Waals surface area contributed by atoms with E-state index in [1.807, 2.05) is 24.3 Å². The normalized spacial score (nSPS) is 10.6. The Hall–Kier alpha value is -2.66. The predicted molar refractivity (Wildman–Crippen MR) is 98.4 cm³/mol.